The molecule has 31 heavy (non-hydrogen) atoms. The summed E-state index contributed by atoms with van der Waals surface area (Å²) in [6.07, 6.45) is -4.37. The summed E-state index contributed by atoms with van der Waals surface area (Å²) in [6, 6.07) is 20.9. The lowest BCUT2D eigenvalue weighted by molar-refractivity contribution is -0.137. The first-order valence-electron chi connectivity index (χ1n) is 9.42. The van der Waals surface area contributed by atoms with Crippen LogP contribution in [0.15, 0.2) is 72.8 Å². The zero-order valence-electron chi connectivity index (χ0n) is 16.6. The van der Waals surface area contributed by atoms with Crippen molar-refractivity contribution in [1.82, 2.24) is 0 Å². The highest BCUT2D eigenvalue weighted by Gasteiger charge is 2.34. The van der Waals surface area contributed by atoms with Gasteiger partial charge in [-0.1, -0.05) is 42.5 Å². The van der Waals surface area contributed by atoms with Gasteiger partial charge in [-0.3, -0.25) is 4.79 Å². The van der Waals surface area contributed by atoms with Gasteiger partial charge in [0.2, 0.25) is 5.91 Å². The Kier molecular flexibility index (Phi) is 6.61. The molecule has 0 aliphatic rings. The second-order valence-corrected chi connectivity index (χ2v) is 6.88. The number of alkyl halides is 3. The van der Waals surface area contributed by atoms with E-state index in [0.29, 0.717) is 12.2 Å². The summed E-state index contributed by atoms with van der Waals surface area (Å²) >= 11 is 0. The molecule has 0 fully saturated rings. The smallest absolute Gasteiger partial charge is 0.417 e. The number of carbonyl (C=O) groups excluding carboxylic acids is 1. The molecule has 0 aliphatic carbocycles. The second-order valence-electron chi connectivity index (χ2n) is 6.88. The van der Waals surface area contributed by atoms with E-state index >= 15 is 0 Å². The quantitative estimate of drug-likeness (QED) is 0.564. The predicted octanol–water partition coefficient (Wildman–Crippen LogP) is 5.55. The van der Waals surface area contributed by atoms with Gasteiger partial charge in [0.25, 0.3) is 0 Å². The number of amides is 1. The average Bonchev–Trinajstić information content (AvgIpc) is 2.77. The van der Waals surface area contributed by atoms with E-state index in [9.17, 15) is 18.0 Å². The molecule has 1 unspecified atom stereocenters. The van der Waals surface area contributed by atoms with Crippen molar-refractivity contribution in [2.45, 2.75) is 18.5 Å². The number of methoxy groups -OCH3 is 1. The SMILES string of the molecule is COc1cccc(CC(C(=O)Nc2ccc(C#N)c(C(F)(F)F)c2)c2ccccc2)c1. The van der Waals surface area contributed by atoms with Crippen LogP contribution in [0.5, 0.6) is 5.75 Å². The van der Waals surface area contributed by atoms with Crippen LogP contribution in [0, 0.1) is 11.3 Å². The molecule has 0 aromatic heterocycles. The lowest BCUT2D eigenvalue weighted by Gasteiger charge is -2.19. The summed E-state index contributed by atoms with van der Waals surface area (Å²) in [4.78, 5) is 13.1. The van der Waals surface area contributed by atoms with Crippen molar-refractivity contribution in [3.63, 3.8) is 0 Å². The first-order chi connectivity index (χ1) is 14.8. The van der Waals surface area contributed by atoms with Gasteiger partial charge in [0.15, 0.2) is 0 Å². The van der Waals surface area contributed by atoms with Crippen LogP contribution in [0.25, 0.3) is 0 Å². The minimum absolute atomic E-state index is 0.0251. The third-order valence-corrected chi connectivity index (χ3v) is 4.81. The van der Waals surface area contributed by atoms with Gasteiger partial charge in [-0.25, -0.2) is 0 Å². The molecule has 0 bridgehead atoms. The Morgan fingerprint density at radius 3 is 2.45 bits per heavy atom. The van der Waals surface area contributed by atoms with Crippen molar-refractivity contribution in [3.05, 3.63) is 95.1 Å². The number of hydrogen-bond acceptors (Lipinski definition) is 3. The molecule has 4 nitrogen and oxygen atoms in total. The number of nitriles is 1. The van der Waals surface area contributed by atoms with E-state index in [-0.39, 0.29) is 5.69 Å². The summed E-state index contributed by atoms with van der Waals surface area (Å²) < 4.78 is 45.0. The molecule has 1 amide bonds. The molecule has 3 aromatic rings. The van der Waals surface area contributed by atoms with Crippen LogP contribution in [-0.2, 0) is 17.4 Å². The predicted molar refractivity (Wildman–Crippen MR) is 111 cm³/mol. The Balaban J connectivity index is 1.91. The number of ether oxygens (including phenoxy) is 1. The van der Waals surface area contributed by atoms with E-state index in [1.807, 2.05) is 24.3 Å². The van der Waals surface area contributed by atoms with Crippen molar-refractivity contribution in [3.8, 4) is 11.8 Å². The van der Waals surface area contributed by atoms with Crippen LogP contribution in [0.3, 0.4) is 0 Å². The maximum absolute atomic E-state index is 13.3. The van der Waals surface area contributed by atoms with Crippen molar-refractivity contribution in [2.75, 3.05) is 12.4 Å². The summed E-state index contributed by atoms with van der Waals surface area (Å²) in [5.74, 6) is -0.447. The minimum atomic E-state index is -4.70. The van der Waals surface area contributed by atoms with Gasteiger partial charge in [0.05, 0.1) is 30.2 Å². The zero-order valence-corrected chi connectivity index (χ0v) is 16.6. The van der Waals surface area contributed by atoms with E-state index in [1.54, 1.807) is 37.4 Å². The fourth-order valence-electron chi connectivity index (χ4n) is 3.27. The minimum Gasteiger partial charge on any atom is -0.497 e. The van der Waals surface area contributed by atoms with Gasteiger partial charge < -0.3 is 10.1 Å². The molecule has 0 heterocycles. The number of anilines is 1. The second kappa shape index (κ2) is 9.35. The molecule has 0 radical (unpaired) electrons. The van der Waals surface area contributed by atoms with E-state index < -0.39 is 29.1 Å². The molecule has 3 rings (SSSR count). The number of nitrogens with one attached hydrogen (secondary N) is 1. The lowest BCUT2D eigenvalue weighted by Crippen LogP contribution is -2.23. The summed E-state index contributed by atoms with van der Waals surface area (Å²) in [7, 11) is 1.55. The number of halogens is 3. The number of carbonyl (C=O) groups is 1. The molecule has 0 saturated carbocycles. The number of nitrogens with zero attached hydrogens (tertiary/aromatic N) is 1. The van der Waals surface area contributed by atoms with Gasteiger partial charge in [0.1, 0.15) is 5.75 Å². The highest BCUT2D eigenvalue weighted by Crippen LogP contribution is 2.34. The average molecular weight is 424 g/mol. The number of hydrogen-bond donors (Lipinski definition) is 1. The van der Waals surface area contributed by atoms with Crippen LogP contribution in [0.4, 0.5) is 18.9 Å². The Morgan fingerprint density at radius 2 is 1.81 bits per heavy atom. The highest BCUT2D eigenvalue weighted by atomic mass is 19.4. The van der Waals surface area contributed by atoms with Crippen LogP contribution < -0.4 is 10.1 Å². The van der Waals surface area contributed by atoms with Crippen molar-refractivity contribution < 1.29 is 22.7 Å². The third-order valence-electron chi connectivity index (χ3n) is 4.81. The van der Waals surface area contributed by atoms with E-state index in [1.165, 1.54) is 12.1 Å². The van der Waals surface area contributed by atoms with Crippen LogP contribution in [-0.4, -0.2) is 13.0 Å². The van der Waals surface area contributed by atoms with Crippen molar-refractivity contribution in [2.24, 2.45) is 0 Å². The summed E-state index contributed by atoms with van der Waals surface area (Å²) in [5, 5.41) is 11.5. The molecular formula is C24H19F3N2O2. The van der Waals surface area contributed by atoms with Gasteiger partial charge in [0, 0.05) is 5.69 Å². The molecular weight excluding hydrogens is 405 g/mol. The van der Waals surface area contributed by atoms with E-state index in [4.69, 9.17) is 10.00 Å². The van der Waals surface area contributed by atoms with Gasteiger partial charge in [-0.05, 0) is 47.9 Å². The summed E-state index contributed by atoms with van der Waals surface area (Å²) in [5.41, 5.74) is -0.0343. The van der Waals surface area contributed by atoms with E-state index in [2.05, 4.69) is 5.32 Å². The Morgan fingerprint density at radius 1 is 1.06 bits per heavy atom. The van der Waals surface area contributed by atoms with Crippen LogP contribution >= 0.6 is 0 Å². The number of rotatable bonds is 6. The Hall–Kier alpha value is -3.79. The topological polar surface area (TPSA) is 62.1 Å². The van der Waals surface area contributed by atoms with Gasteiger partial charge in [-0.15, -0.1) is 0 Å². The first-order valence-corrected chi connectivity index (χ1v) is 9.42. The van der Waals surface area contributed by atoms with Crippen LogP contribution in [0.1, 0.15) is 28.2 Å². The van der Waals surface area contributed by atoms with Crippen molar-refractivity contribution >= 4 is 11.6 Å². The molecule has 0 aliphatic heterocycles. The summed E-state index contributed by atoms with van der Waals surface area (Å²) in [6.45, 7) is 0. The van der Waals surface area contributed by atoms with Crippen LogP contribution in [0.2, 0.25) is 0 Å². The fraction of sp³-hybridized carbons (Fsp3) is 0.167. The van der Waals surface area contributed by atoms with Gasteiger partial charge in [-0.2, -0.15) is 18.4 Å². The first kappa shape index (κ1) is 21.9. The standard InChI is InChI=1S/C24H19F3N2O2/c1-31-20-9-5-6-16(12-20)13-21(17-7-3-2-4-8-17)23(30)29-19-11-10-18(15-28)22(14-19)24(25,26)27/h2-12,14,21H,13H2,1H3,(H,29,30). The zero-order chi connectivity index (χ0) is 22.4. The highest BCUT2D eigenvalue weighted by molar-refractivity contribution is 5.96. The molecule has 3 aromatic carbocycles. The normalized spacial score (nSPS) is 12.0. The van der Waals surface area contributed by atoms with Crippen molar-refractivity contribution in [1.29, 1.82) is 5.26 Å². The molecule has 0 spiro atoms. The molecule has 7 heteroatoms. The Labute approximate surface area is 177 Å². The Bertz CT molecular complexity index is 1110. The van der Waals surface area contributed by atoms with Gasteiger partial charge >= 0.3 is 6.18 Å². The monoisotopic (exact) mass is 424 g/mol. The number of benzene rings is 3. The van der Waals surface area contributed by atoms with E-state index in [0.717, 1.165) is 23.3 Å². The molecule has 1 atom stereocenters. The molecule has 158 valence electrons. The molecule has 1 N–H and O–H groups in total. The maximum Gasteiger partial charge on any atom is 0.417 e. The maximum atomic E-state index is 13.3. The molecule has 0 saturated heterocycles. The third kappa shape index (κ3) is 5.43. The largest absolute Gasteiger partial charge is 0.497 e. The lowest BCUT2D eigenvalue weighted by atomic mass is 9.91. The fourth-order valence-corrected chi connectivity index (χ4v) is 3.27.